The largest absolute Gasteiger partial charge is 0.259 e. The fraction of sp³-hybridized carbons (Fsp3) is 0.636. The van der Waals surface area contributed by atoms with Crippen LogP contribution in [0, 0.1) is 0 Å². The van der Waals surface area contributed by atoms with Gasteiger partial charge < -0.3 is 0 Å². The molecule has 2 heterocycles. The average Bonchev–Trinajstić information content (AvgIpc) is 2.07. The van der Waals surface area contributed by atoms with Gasteiger partial charge in [-0.3, -0.25) is 4.21 Å². The predicted octanol–water partition coefficient (Wildman–Crippen LogP) is 2.56. The van der Waals surface area contributed by atoms with Crippen molar-refractivity contribution in [2.24, 2.45) is 0 Å². The topological polar surface area (TPSA) is 17.1 Å². The van der Waals surface area contributed by atoms with Crippen molar-refractivity contribution in [2.45, 2.75) is 42.6 Å². The van der Waals surface area contributed by atoms with Crippen LogP contribution in [0.25, 0.3) is 0 Å². The standard InChI is InChI=1S/C11H16OS/c1-2-4-9-7-10-5-3-6-11(8-9)13(10)12/h2,4,10-11H,1,3,5-8H2. The Morgan fingerprint density at radius 3 is 2.46 bits per heavy atom. The smallest absolute Gasteiger partial charge is 0.0388 e. The zero-order chi connectivity index (χ0) is 9.26. The van der Waals surface area contributed by atoms with Crippen LogP contribution in [0.2, 0.25) is 0 Å². The summed E-state index contributed by atoms with van der Waals surface area (Å²) < 4.78 is 11.8. The van der Waals surface area contributed by atoms with Crippen molar-refractivity contribution in [3.8, 4) is 0 Å². The zero-order valence-corrected chi connectivity index (χ0v) is 8.69. The lowest BCUT2D eigenvalue weighted by Crippen LogP contribution is -2.36. The molecule has 2 bridgehead atoms. The zero-order valence-electron chi connectivity index (χ0n) is 7.87. The van der Waals surface area contributed by atoms with Gasteiger partial charge in [-0.1, -0.05) is 30.7 Å². The van der Waals surface area contributed by atoms with Crippen molar-refractivity contribution in [3.05, 3.63) is 24.3 Å². The Balaban J connectivity index is 2.16. The molecule has 72 valence electrons. The summed E-state index contributed by atoms with van der Waals surface area (Å²) >= 11 is 0. The summed E-state index contributed by atoms with van der Waals surface area (Å²) in [7, 11) is -0.535. The van der Waals surface area contributed by atoms with E-state index in [0.29, 0.717) is 10.5 Å². The maximum atomic E-state index is 11.8. The molecule has 2 fully saturated rings. The van der Waals surface area contributed by atoms with Gasteiger partial charge in [0.1, 0.15) is 0 Å². The Morgan fingerprint density at radius 1 is 1.31 bits per heavy atom. The molecule has 0 aromatic carbocycles. The lowest BCUT2D eigenvalue weighted by molar-refractivity contribution is 0.518. The molecular formula is C11H16OS. The third-order valence-electron chi connectivity index (χ3n) is 3.04. The van der Waals surface area contributed by atoms with Gasteiger partial charge in [0.15, 0.2) is 0 Å². The van der Waals surface area contributed by atoms with Crippen LogP contribution in [0.15, 0.2) is 24.3 Å². The van der Waals surface area contributed by atoms with Gasteiger partial charge in [0.2, 0.25) is 0 Å². The van der Waals surface area contributed by atoms with Gasteiger partial charge in [0.25, 0.3) is 0 Å². The van der Waals surface area contributed by atoms with Crippen molar-refractivity contribution in [1.29, 1.82) is 0 Å². The van der Waals surface area contributed by atoms with Crippen LogP contribution >= 0.6 is 0 Å². The van der Waals surface area contributed by atoms with Gasteiger partial charge in [0.05, 0.1) is 0 Å². The molecule has 0 radical (unpaired) electrons. The highest BCUT2D eigenvalue weighted by molar-refractivity contribution is 7.86. The number of fused-ring (bicyclic) bond motifs is 2. The van der Waals surface area contributed by atoms with E-state index in [1.807, 2.05) is 6.08 Å². The van der Waals surface area contributed by atoms with Gasteiger partial charge >= 0.3 is 0 Å². The second-order valence-corrected chi connectivity index (χ2v) is 5.96. The van der Waals surface area contributed by atoms with Crippen LogP contribution in [0.5, 0.6) is 0 Å². The van der Waals surface area contributed by atoms with E-state index in [1.54, 1.807) is 0 Å². The van der Waals surface area contributed by atoms with Gasteiger partial charge in [0, 0.05) is 21.3 Å². The van der Waals surface area contributed by atoms with E-state index in [2.05, 4.69) is 12.7 Å². The third-order valence-corrected chi connectivity index (χ3v) is 5.16. The Hall–Kier alpha value is -0.370. The van der Waals surface area contributed by atoms with Crippen LogP contribution in [0.1, 0.15) is 32.1 Å². The van der Waals surface area contributed by atoms with Crippen molar-refractivity contribution in [1.82, 2.24) is 0 Å². The third kappa shape index (κ3) is 1.78. The quantitative estimate of drug-likeness (QED) is 0.630. The molecule has 0 aliphatic carbocycles. The minimum Gasteiger partial charge on any atom is -0.259 e. The fourth-order valence-corrected chi connectivity index (χ4v) is 4.52. The minimum absolute atomic E-state index is 0.457. The monoisotopic (exact) mass is 196 g/mol. The van der Waals surface area contributed by atoms with Gasteiger partial charge in [-0.25, -0.2) is 0 Å². The summed E-state index contributed by atoms with van der Waals surface area (Å²) in [4.78, 5) is 0. The molecule has 2 heteroatoms. The molecular weight excluding hydrogens is 180 g/mol. The number of hydrogen-bond acceptors (Lipinski definition) is 1. The van der Waals surface area contributed by atoms with Crippen LogP contribution in [0.3, 0.4) is 0 Å². The molecule has 0 saturated carbocycles. The molecule has 2 rings (SSSR count). The van der Waals surface area contributed by atoms with Crippen LogP contribution in [0.4, 0.5) is 0 Å². The summed E-state index contributed by atoms with van der Waals surface area (Å²) in [5.74, 6) is 0. The Labute approximate surface area is 82.4 Å². The Morgan fingerprint density at radius 2 is 1.92 bits per heavy atom. The van der Waals surface area contributed by atoms with Gasteiger partial charge in [-0.05, 0) is 25.7 Å². The molecule has 13 heavy (non-hydrogen) atoms. The first kappa shape index (κ1) is 9.20. The first-order chi connectivity index (χ1) is 6.31. The van der Waals surface area contributed by atoms with E-state index in [4.69, 9.17) is 0 Å². The first-order valence-corrected chi connectivity index (χ1v) is 6.28. The van der Waals surface area contributed by atoms with Crippen molar-refractivity contribution < 1.29 is 4.21 Å². The number of rotatable bonds is 1. The molecule has 0 spiro atoms. The van der Waals surface area contributed by atoms with E-state index in [1.165, 1.54) is 12.0 Å². The SMILES string of the molecule is C=CC=C1CC2CCCC(C1)S2=O. The summed E-state index contributed by atoms with van der Waals surface area (Å²) in [6.07, 6.45) is 9.68. The second-order valence-electron chi connectivity index (χ2n) is 3.97. The second kappa shape index (κ2) is 3.79. The van der Waals surface area contributed by atoms with E-state index in [9.17, 15) is 4.21 Å². The lowest BCUT2D eigenvalue weighted by atomic mass is 9.94. The molecule has 0 N–H and O–H groups in total. The summed E-state index contributed by atoms with van der Waals surface area (Å²) in [5, 5.41) is 0.914. The van der Waals surface area contributed by atoms with Crippen LogP contribution in [-0.2, 0) is 10.8 Å². The molecule has 2 saturated heterocycles. The van der Waals surface area contributed by atoms with Crippen molar-refractivity contribution >= 4 is 10.8 Å². The fourth-order valence-electron chi connectivity index (χ4n) is 2.42. The highest BCUT2D eigenvalue weighted by atomic mass is 32.2. The van der Waals surface area contributed by atoms with E-state index in [0.717, 1.165) is 25.7 Å². The van der Waals surface area contributed by atoms with E-state index in [-0.39, 0.29) is 0 Å². The first-order valence-electron chi connectivity index (χ1n) is 5.01. The summed E-state index contributed by atoms with van der Waals surface area (Å²) in [5.41, 5.74) is 1.46. The van der Waals surface area contributed by atoms with Crippen LogP contribution in [-0.4, -0.2) is 14.7 Å². The maximum absolute atomic E-state index is 11.8. The number of hydrogen-bond donors (Lipinski definition) is 0. The average molecular weight is 196 g/mol. The lowest BCUT2D eigenvalue weighted by Gasteiger charge is -2.34. The summed E-state index contributed by atoms with van der Waals surface area (Å²) in [6, 6.07) is 0. The molecule has 1 nitrogen and oxygen atoms in total. The molecule has 0 amide bonds. The highest BCUT2D eigenvalue weighted by Crippen LogP contribution is 2.36. The highest BCUT2D eigenvalue weighted by Gasteiger charge is 2.34. The van der Waals surface area contributed by atoms with Crippen molar-refractivity contribution in [3.63, 3.8) is 0 Å². The molecule has 0 aromatic heterocycles. The molecule has 0 aromatic rings. The van der Waals surface area contributed by atoms with Crippen LogP contribution < -0.4 is 0 Å². The minimum atomic E-state index is -0.535. The summed E-state index contributed by atoms with van der Waals surface area (Å²) in [6.45, 7) is 3.72. The maximum Gasteiger partial charge on any atom is 0.0388 e. The normalized spacial score (nSPS) is 38.5. The van der Waals surface area contributed by atoms with E-state index < -0.39 is 10.8 Å². The Kier molecular flexibility index (Phi) is 2.68. The number of allylic oxidation sites excluding steroid dienone is 3. The van der Waals surface area contributed by atoms with Gasteiger partial charge in [-0.2, -0.15) is 0 Å². The van der Waals surface area contributed by atoms with Crippen molar-refractivity contribution in [2.75, 3.05) is 0 Å². The molecule has 2 atom stereocenters. The molecule has 2 aliphatic rings. The van der Waals surface area contributed by atoms with E-state index >= 15 is 0 Å². The predicted molar refractivity (Wildman–Crippen MR) is 57.1 cm³/mol. The Bertz CT molecular complexity index is 249. The molecule has 2 aliphatic heterocycles. The molecule has 2 unspecified atom stereocenters. The van der Waals surface area contributed by atoms with Gasteiger partial charge in [-0.15, -0.1) is 0 Å².